The van der Waals surface area contributed by atoms with Crippen LogP contribution in [0.25, 0.3) is 5.65 Å². The molecule has 0 fully saturated rings. The van der Waals surface area contributed by atoms with Gasteiger partial charge in [0.1, 0.15) is 5.82 Å². The zero-order valence-corrected chi connectivity index (χ0v) is 10.1. The van der Waals surface area contributed by atoms with Crippen LogP contribution in [0.3, 0.4) is 0 Å². The minimum atomic E-state index is -0.242. The SMILES string of the molecule is Fc1ccc(Cc2nc3cc(Cl)ccn3n2)cc1. The van der Waals surface area contributed by atoms with Crippen LogP contribution in [0.15, 0.2) is 42.6 Å². The quantitative estimate of drug-likeness (QED) is 0.710. The first-order chi connectivity index (χ1) is 8.70. The molecule has 0 aliphatic carbocycles. The van der Waals surface area contributed by atoms with Crippen molar-refractivity contribution in [3.8, 4) is 0 Å². The lowest BCUT2D eigenvalue weighted by Crippen LogP contribution is -1.92. The van der Waals surface area contributed by atoms with Crippen molar-refractivity contribution >= 4 is 17.2 Å². The number of pyridine rings is 1. The van der Waals surface area contributed by atoms with Crippen molar-refractivity contribution in [1.29, 1.82) is 0 Å². The van der Waals surface area contributed by atoms with Crippen molar-refractivity contribution < 1.29 is 4.39 Å². The molecule has 0 bridgehead atoms. The van der Waals surface area contributed by atoms with Crippen LogP contribution >= 0.6 is 11.6 Å². The van der Waals surface area contributed by atoms with Gasteiger partial charge in [-0.2, -0.15) is 5.10 Å². The predicted molar refractivity (Wildman–Crippen MR) is 67.2 cm³/mol. The molecule has 0 N–H and O–H groups in total. The molecule has 0 aliphatic rings. The Labute approximate surface area is 108 Å². The second kappa shape index (κ2) is 4.38. The number of fused-ring (bicyclic) bond motifs is 1. The van der Waals surface area contributed by atoms with Crippen LogP contribution < -0.4 is 0 Å². The summed E-state index contributed by atoms with van der Waals surface area (Å²) in [7, 11) is 0. The van der Waals surface area contributed by atoms with Crippen LogP contribution in [-0.2, 0) is 6.42 Å². The van der Waals surface area contributed by atoms with Crippen LogP contribution in [0.2, 0.25) is 5.02 Å². The standard InChI is InChI=1S/C13H9ClFN3/c14-10-5-6-18-13(8-10)16-12(17-18)7-9-1-3-11(15)4-2-9/h1-6,8H,7H2. The van der Waals surface area contributed by atoms with E-state index in [4.69, 9.17) is 11.6 Å². The van der Waals surface area contributed by atoms with Crippen LogP contribution in [-0.4, -0.2) is 14.6 Å². The topological polar surface area (TPSA) is 30.2 Å². The largest absolute Gasteiger partial charge is 0.221 e. The second-order valence-electron chi connectivity index (χ2n) is 3.98. The van der Waals surface area contributed by atoms with Gasteiger partial charge in [-0.1, -0.05) is 23.7 Å². The van der Waals surface area contributed by atoms with E-state index in [2.05, 4.69) is 10.1 Å². The number of hydrogen-bond acceptors (Lipinski definition) is 2. The fourth-order valence-corrected chi connectivity index (χ4v) is 1.92. The van der Waals surface area contributed by atoms with Crippen molar-refractivity contribution in [2.45, 2.75) is 6.42 Å². The molecule has 0 amide bonds. The Morgan fingerprint density at radius 2 is 1.94 bits per heavy atom. The van der Waals surface area contributed by atoms with E-state index in [1.807, 2.05) is 0 Å². The first-order valence-electron chi connectivity index (χ1n) is 5.46. The highest BCUT2D eigenvalue weighted by molar-refractivity contribution is 6.30. The van der Waals surface area contributed by atoms with Crippen LogP contribution in [0, 0.1) is 5.82 Å². The first kappa shape index (κ1) is 11.2. The highest BCUT2D eigenvalue weighted by Gasteiger charge is 2.05. The summed E-state index contributed by atoms with van der Waals surface area (Å²) in [6.45, 7) is 0. The zero-order chi connectivity index (χ0) is 12.5. The molecular weight excluding hydrogens is 253 g/mol. The minimum absolute atomic E-state index is 0.242. The Balaban J connectivity index is 1.92. The molecule has 2 aromatic heterocycles. The lowest BCUT2D eigenvalue weighted by molar-refractivity contribution is 0.627. The van der Waals surface area contributed by atoms with E-state index in [0.29, 0.717) is 22.9 Å². The van der Waals surface area contributed by atoms with Gasteiger partial charge < -0.3 is 0 Å². The highest BCUT2D eigenvalue weighted by atomic mass is 35.5. The van der Waals surface area contributed by atoms with Gasteiger partial charge >= 0.3 is 0 Å². The predicted octanol–water partition coefficient (Wildman–Crippen LogP) is 3.11. The smallest absolute Gasteiger partial charge is 0.157 e. The molecule has 0 saturated carbocycles. The van der Waals surface area contributed by atoms with Gasteiger partial charge in [0.25, 0.3) is 0 Å². The lowest BCUT2D eigenvalue weighted by atomic mass is 10.1. The maximum atomic E-state index is 12.8. The van der Waals surface area contributed by atoms with Crippen LogP contribution in [0.1, 0.15) is 11.4 Å². The fourth-order valence-electron chi connectivity index (χ4n) is 1.76. The average molecular weight is 262 g/mol. The van der Waals surface area contributed by atoms with E-state index in [9.17, 15) is 4.39 Å². The molecule has 0 aliphatic heterocycles. The molecule has 3 nitrogen and oxygen atoms in total. The van der Waals surface area contributed by atoms with E-state index in [1.165, 1.54) is 12.1 Å². The highest BCUT2D eigenvalue weighted by Crippen LogP contribution is 2.12. The zero-order valence-electron chi connectivity index (χ0n) is 9.35. The Morgan fingerprint density at radius 3 is 2.72 bits per heavy atom. The minimum Gasteiger partial charge on any atom is -0.221 e. The molecule has 2 heterocycles. The molecule has 0 spiro atoms. The van der Waals surface area contributed by atoms with E-state index in [0.717, 1.165) is 5.56 Å². The molecular formula is C13H9ClFN3. The summed E-state index contributed by atoms with van der Waals surface area (Å²) >= 11 is 5.88. The Hall–Kier alpha value is -1.94. The molecule has 18 heavy (non-hydrogen) atoms. The Morgan fingerprint density at radius 1 is 1.17 bits per heavy atom. The molecule has 90 valence electrons. The van der Waals surface area contributed by atoms with Crippen molar-refractivity contribution in [3.63, 3.8) is 0 Å². The molecule has 3 rings (SSSR count). The number of hydrogen-bond donors (Lipinski definition) is 0. The molecule has 0 unspecified atom stereocenters. The summed E-state index contributed by atoms with van der Waals surface area (Å²) in [6, 6.07) is 9.83. The molecule has 1 aromatic carbocycles. The van der Waals surface area contributed by atoms with Gasteiger partial charge in [0.05, 0.1) is 0 Å². The summed E-state index contributed by atoms with van der Waals surface area (Å²) in [5.74, 6) is 0.442. The first-order valence-corrected chi connectivity index (χ1v) is 5.84. The van der Waals surface area contributed by atoms with Gasteiger partial charge in [0.15, 0.2) is 11.5 Å². The van der Waals surface area contributed by atoms with Crippen molar-refractivity contribution in [3.05, 3.63) is 64.8 Å². The van der Waals surface area contributed by atoms with Gasteiger partial charge in [-0.15, -0.1) is 0 Å². The van der Waals surface area contributed by atoms with Crippen molar-refractivity contribution in [2.75, 3.05) is 0 Å². The third-order valence-corrected chi connectivity index (χ3v) is 2.85. The van der Waals surface area contributed by atoms with Crippen LogP contribution in [0.4, 0.5) is 4.39 Å². The number of rotatable bonds is 2. The summed E-state index contributed by atoms with van der Waals surface area (Å²) in [4.78, 5) is 4.36. The summed E-state index contributed by atoms with van der Waals surface area (Å²) in [5, 5.41) is 4.95. The Kier molecular flexibility index (Phi) is 2.72. The van der Waals surface area contributed by atoms with E-state index < -0.39 is 0 Å². The van der Waals surface area contributed by atoms with Gasteiger partial charge in [0.2, 0.25) is 0 Å². The normalized spacial score (nSPS) is 11.0. The van der Waals surface area contributed by atoms with Crippen LogP contribution in [0.5, 0.6) is 0 Å². The third kappa shape index (κ3) is 2.19. The summed E-state index contributed by atoms with van der Waals surface area (Å²) in [5.41, 5.74) is 1.68. The Bertz CT molecular complexity index is 691. The van der Waals surface area contributed by atoms with E-state index in [-0.39, 0.29) is 5.82 Å². The summed E-state index contributed by atoms with van der Waals surface area (Å²) < 4.78 is 14.5. The second-order valence-corrected chi connectivity index (χ2v) is 4.42. The third-order valence-electron chi connectivity index (χ3n) is 2.62. The van der Waals surface area contributed by atoms with Crippen molar-refractivity contribution in [2.24, 2.45) is 0 Å². The molecule has 3 aromatic rings. The summed E-state index contributed by atoms with van der Waals surface area (Å²) in [6.07, 6.45) is 2.33. The number of halogens is 2. The molecule has 5 heteroatoms. The lowest BCUT2D eigenvalue weighted by Gasteiger charge is -1.95. The van der Waals surface area contributed by atoms with Gasteiger partial charge in [-0.3, -0.25) is 0 Å². The maximum Gasteiger partial charge on any atom is 0.157 e. The van der Waals surface area contributed by atoms with Crippen molar-refractivity contribution in [1.82, 2.24) is 14.6 Å². The molecule has 0 atom stereocenters. The number of nitrogens with zero attached hydrogens (tertiary/aromatic N) is 3. The fraction of sp³-hybridized carbons (Fsp3) is 0.0769. The maximum absolute atomic E-state index is 12.8. The van der Waals surface area contributed by atoms with E-state index >= 15 is 0 Å². The van der Waals surface area contributed by atoms with E-state index in [1.54, 1.807) is 35.0 Å². The number of benzene rings is 1. The monoisotopic (exact) mass is 261 g/mol. The van der Waals surface area contributed by atoms with Gasteiger partial charge in [-0.05, 0) is 23.8 Å². The molecule has 0 saturated heterocycles. The van der Waals surface area contributed by atoms with Gasteiger partial charge in [-0.25, -0.2) is 13.9 Å². The molecule has 0 radical (unpaired) electrons. The average Bonchev–Trinajstić information content (AvgIpc) is 2.73. The van der Waals surface area contributed by atoms with Gasteiger partial charge in [0, 0.05) is 23.7 Å². The number of aromatic nitrogens is 3.